The van der Waals surface area contributed by atoms with E-state index in [1.165, 1.54) is 0 Å². The van der Waals surface area contributed by atoms with Crippen LogP contribution >= 0.6 is 11.6 Å². The van der Waals surface area contributed by atoms with Crippen LogP contribution in [0.25, 0.3) is 10.8 Å². The third-order valence-corrected chi connectivity index (χ3v) is 7.18. The van der Waals surface area contributed by atoms with Crippen molar-refractivity contribution in [3.05, 3.63) is 75.2 Å². The fourth-order valence-electron chi connectivity index (χ4n) is 4.94. The van der Waals surface area contributed by atoms with Crippen LogP contribution in [-0.4, -0.2) is 17.1 Å². The number of halogens is 4. The van der Waals surface area contributed by atoms with Crippen LogP contribution < -0.4 is 16.0 Å². The molecule has 0 saturated heterocycles. The molecule has 8 heteroatoms. The maximum Gasteiger partial charge on any atom is 0.416 e. The van der Waals surface area contributed by atoms with Gasteiger partial charge in [0.25, 0.3) is 5.56 Å². The number of nitrogens with one attached hydrogen (secondary N) is 1. The third kappa shape index (κ3) is 4.62. The van der Waals surface area contributed by atoms with Gasteiger partial charge in [-0.2, -0.15) is 13.2 Å². The van der Waals surface area contributed by atoms with E-state index >= 15 is 0 Å². The number of alkyl halides is 3. The van der Waals surface area contributed by atoms with Crippen molar-refractivity contribution < 1.29 is 17.9 Å². The molecule has 4 rings (SSSR count). The minimum Gasteiger partial charge on any atom is -0.489 e. The molecule has 1 atom stereocenters. The predicted molar refractivity (Wildman–Crippen MR) is 124 cm³/mol. The molecule has 176 valence electrons. The lowest BCUT2D eigenvalue weighted by molar-refractivity contribution is -0.137. The van der Waals surface area contributed by atoms with Crippen LogP contribution in [-0.2, 0) is 11.6 Å². The van der Waals surface area contributed by atoms with Gasteiger partial charge in [0.2, 0.25) is 0 Å². The van der Waals surface area contributed by atoms with Crippen molar-refractivity contribution in [1.29, 1.82) is 0 Å². The minimum atomic E-state index is -4.37. The van der Waals surface area contributed by atoms with Crippen molar-refractivity contribution in [2.45, 2.75) is 62.8 Å². The standard InChI is InChI=1S/C25H26ClF3N2O2/c1-2-22(30)24(16-3-5-17(6-4-16)25(27,28)29)10-7-18(8-11-24)33-21-13-15-9-12-31-23(32)19(15)14-20(21)26/h3-6,9,12-14,18,22H,2,7-8,10-11,30H2,1H3,(H,31,32)/t18?,22-,24?/m1/s1. The summed E-state index contributed by atoms with van der Waals surface area (Å²) in [6, 6.07) is 10.4. The Morgan fingerprint density at radius 3 is 2.45 bits per heavy atom. The topological polar surface area (TPSA) is 68.1 Å². The maximum atomic E-state index is 13.0. The van der Waals surface area contributed by atoms with E-state index in [0.29, 0.717) is 41.8 Å². The van der Waals surface area contributed by atoms with Gasteiger partial charge in [-0.25, -0.2) is 0 Å². The molecular formula is C25H26ClF3N2O2. The van der Waals surface area contributed by atoms with Gasteiger partial charge in [-0.05, 0) is 73.4 Å². The molecule has 0 amide bonds. The molecule has 3 N–H and O–H groups in total. The predicted octanol–water partition coefficient (Wildman–Crippen LogP) is 6.20. The first kappa shape index (κ1) is 23.6. The lowest BCUT2D eigenvalue weighted by Gasteiger charge is -2.44. The number of benzene rings is 2. The molecule has 0 radical (unpaired) electrons. The molecule has 1 aliphatic carbocycles. The Balaban J connectivity index is 1.54. The van der Waals surface area contributed by atoms with Crippen LogP contribution in [0.1, 0.15) is 50.2 Å². The highest BCUT2D eigenvalue weighted by atomic mass is 35.5. The number of fused-ring (bicyclic) bond motifs is 1. The number of aromatic amines is 1. The van der Waals surface area contributed by atoms with Gasteiger partial charge in [-0.15, -0.1) is 0 Å². The molecular weight excluding hydrogens is 453 g/mol. The Morgan fingerprint density at radius 1 is 1.18 bits per heavy atom. The lowest BCUT2D eigenvalue weighted by atomic mass is 9.64. The second kappa shape index (κ2) is 9.03. The highest BCUT2D eigenvalue weighted by Crippen LogP contribution is 2.44. The summed E-state index contributed by atoms with van der Waals surface area (Å²) in [6.07, 6.45) is 0.607. The molecule has 1 aliphatic rings. The van der Waals surface area contributed by atoms with E-state index in [9.17, 15) is 18.0 Å². The number of H-pyrrole nitrogens is 1. The largest absolute Gasteiger partial charge is 0.489 e. The van der Waals surface area contributed by atoms with Crippen LogP contribution in [0.5, 0.6) is 5.75 Å². The average Bonchev–Trinajstić information content (AvgIpc) is 2.80. The summed E-state index contributed by atoms with van der Waals surface area (Å²) in [5, 5.41) is 1.60. The van der Waals surface area contributed by atoms with E-state index in [2.05, 4.69) is 4.98 Å². The number of rotatable bonds is 5. The van der Waals surface area contributed by atoms with Crippen LogP contribution in [0.3, 0.4) is 0 Å². The normalized spacial score (nSPS) is 22.3. The first-order chi connectivity index (χ1) is 15.6. The van der Waals surface area contributed by atoms with Gasteiger partial charge >= 0.3 is 6.18 Å². The van der Waals surface area contributed by atoms with E-state index < -0.39 is 17.2 Å². The Labute approximate surface area is 194 Å². The third-order valence-electron chi connectivity index (χ3n) is 6.88. The van der Waals surface area contributed by atoms with Crippen LogP contribution in [0.15, 0.2) is 53.5 Å². The summed E-state index contributed by atoms with van der Waals surface area (Å²) in [6.45, 7) is 2.00. The molecule has 4 nitrogen and oxygen atoms in total. The summed E-state index contributed by atoms with van der Waals surface area (Å²) in [5.74, 6) is 0.515. The number of hydrogen-bond donors (Lipinski definition) is 2. The van der Waals surface area contributed by atoms with Gasteiger partial charge in [0.1, 0.15) is 5.75 Å². The average molecular weight is 479 g/mol. The van der Waals surface area contributed by atoms with Crippen molar-refractivity contribution in [3.8, 4) is 5.75 Å². The van der Waals surface area contributed by atoms with Crippen LogP contribution in [0.4, 0.5) is 13.2 Å². The maximum absolute atomic E-state index is 13.0. The number of ether oxygens (including phenoxy) is 1. The molecule has 1 aromatic heterocycles. The highest BCUT2D eigenvalue weighted by Gasteiger charge is 2.42. The minimum absolute atomic E-state index is 0.103. The zero-order chi connectivity index (χ0) is 23.8. The van der Waals surface area contributed by atoms with Gasteiger partial charge in [0.15, 0.2) is 0 Å². The Kier molecular flexibility index (Phi) is 6.47. The Bertz CT molecular complexity index is 1180. The van der Waals surface area contributed by atoms with Gasteiger partial charge in [0.05, 0.1) is 16.7 Å². The summed E-state index contributed by atoms with van der Waals surface area (Å²) >= 11 is 6.38. The number of nitrogens with two attached hydrogens (primary N) is 1. The zero-order valence-electron chi connectivity index (χ0n) is 18.2. The molecule has 0 spiro atoms. The molecule has 0 aliphatic heterocycles. The summed E-state index contributed by atoms with van der Waals surface area (Å²) in [5.41, 5.74) is 6.08. The SMILES string of the molecule is CC[C@@H](N)C1(c2ccc(C(F)(F)F)cc2)CCC(Oc2cc3cc[nH]c(=O)c3cc2Cl)CC1. The first-order valence-corrected chi connectivity index (χ1v) is 11.4. The highest BCUT2D eigenvalue weighted by molar-refractivity contribution is 6.32. The summed E-state index contributed by atoms with van der Waals surface area (Å²) < 4.78 is 45.3. The van der Waals surface area contributed by atoms with Gasteiger partial charge in [0, 0.05) is 23.0 Å². The molecule has 2 aromatic carbocycles. The van der Waals surface area contributed by atoms with Gasteiger partial charge in [-0.1, -0.05) is 30.7 Å². The van der Waals surface area contributed by atoms with E-state index in [-0.39, 0.29) is 17.7 Å². The molecule has 1 heterocycles. The van der Waals surface area contributed by atoms with Crippen molar-refractivity contribution in [1.82, 2.24) is 4.98 Å². The van der Waals surface area contributed by atoms with Crippen molar-refractivity contribution >= 4 is 22.4 Å². The van der Waals surface area contributed by atoms with E-state index in [1.54, 1.807) is 36.5 Å². The van der Waals surface area contributed by atoms with E-state index in [1.807, 2.05) is 6.92 Å². The summed E-state index contributed by atoms with van der Waals surface area (Å²) in [4.78, 5) is 14.6. The van der Waals surface area contributed by atoms with Gasteiger partial charge in [-0.3, -0.25) is 4.79 Å². The fourth-order valence-corrected chi connectivity index (χ4v) is 5.15. The Morgan fingerprint density at radius 2 is 1.85 bits per heavy atom. The zero-order valence-corrected chi connectivity index (χ0v) is 19.0. The quantitative estimate of drug-likeness (QED) is 0.459. The second-order valence-corrected chi connectivity index (χ2v) is 9.15. The summed E-state index contributed by atoms with van der Waals surface area (Å²) in [7, 11) is 0. The molecule has 33 heavy (non-hydrogen) atoms. The molecule has 0 unspecified atom stereocenters. The van der Waals surface area contributed by atoms with E-state index in [4.69, 9.17) is 22.1 Å². The monoisotopic (exact) mass is 478 g/mol. The van der Waals surface area contributed by atoms with E-state index in [0.717, 1.165) is 29.5 Å². The molecule has 0 bridgehead atoms. The second-order valence-electron chi connectivity index (χ2n) is 8.74. The lowest BCUT2D eigenvalue weighted by Crippen LogP contribution is -2.48. The van der Waals surface area contributed by atoms with Crippen molar-refractivity contribution in [2.75, 3.05) is 0 Å². The van der Waals surface area contributed by atoms with Crippen molar-refractivity contribution in [3.63, 3.8) is 0 Å². The molecule has 3 aromatic rings. The number of pyridine rings is 1. The van der Waals surface area contributed by atoms with Crippen molar-refractivity contribution in [2.24, 2.45) is 5.73 Å². The first-order valence-electron chi connectivity index (χ1n) is 11.0. The molecule has 1 fully saturated rings. The fraction of sp³-hybridized carbons (Fsp3) is 0.400. The van der Waals surface area contributed by atoms with Crippen LogP contribution in [0, 0.1) is 0 Å². The smallest absolute Gasteiger partial charge is 0.416 e. The number of hydrogen-bond acceptors (Lipinski definition) is 3. The molecule has 1 saturated carbocycles. The van der Waals surface area contributed by atoms with Gasteiger partial charge < -0.3 is 15.5 Å². The van der Waals surface area contributed by atoms with Crippen LogP contribution in [0.2, 0.25) is 5.02 Å². The number of aromatic nitrogens is 1. The Hall–Kier alpha value is -2.51.